The second-order valence-electron chi connectivity index (χ2n) is 4.93. The Morgan fingerprint density at radius 1 is 1.48 bits per heavy atom. The highest BCUT2D eigenvalue weighted by Gasteiger charge is 2.12. The van der Waals surface area contributed by atoms with Crippen LogP contribution in [0.15, 0.2) is 24.3 Å². The molecule has 0 aliphatic rings. The third-order valence-electron chi connectivity index (χ3n) is 3.46. The molecule has 6 heteroatoms. The van der Waals surface area contributed by atoms with Crippen LogP contribution in [0.2, 0.25) is 0 Å². The maximum absolute atomic E-state index is 11.6. The van der Waals surface area contributed by atoms with E-state index in [1.807, 2.05) is 17.8 Å². The molecule has 1 atom stereocenters. The number of nitrogen functional groups attached to an aromatic ring is 1. The zero-order valence-electron chi connectivity index (χ0n) is 13.0. The molecule has 1 rings (SSSR count). The maximum atomic E-state index is 11.6. The average molecular weight is 311 g/mol. The van der Waals surface area contributed by atoms with Gasteiger partial charge in [-0.25, -0.2) is 5.84 Å². The van der Waals surface area contributed by atoms with Crippen LogP contribution < -0.4 is 16.0 Å². The highest BCUT2D eigenvalue weighted by Crippen LogP contribution is 2.17. The third kappa shape index (κ3) is 5.95. The first-order valence-corrected chi connectivity index (χ1v) is 8.41. The SMILES string of the molecule is CSCCC(C)N(C)CCOc1ccccc1C(=O)NN. The molecule has 0 heterocycles. The summed E-state index contributed by atoms with van der Waals surface area (Å²) in [5.74, 6) is 6.55. The summed E-state index contributed by atoms with van der Waals surface area (Å²) in [4.78, 5) is 13.9. The topological polar surface area (TPSA) is 67.6 Å². The predicted octanol–water partition coefficient (Wildman–Crippen LogP) is 1.74. The van der Waals surface area contributed by atoms with E-state index >= 15 is 0 Å². The first kappa shape index (κ1) is 17.8. The molecule has 0 spiro atoms. The average Bonchev–Trinajstić information content (AvgIpc) is 2.52. The molecular formula is C15H25N3O2S. The van der Waals surface area contributed by atoms with Crippen LogP contribution in [0.3, 0.4) is 0 Å². The van der Waals surface area contributed by atoms with E-state index in [1.165, 1.54) is 0 Å². The van der Waals surface area contributed by atoms with E-state index in [0.717, 1.165) is 18.7 Å². The zero-order valence-corrected chi connectivity index (χ0v) is 13.8. The standard InChI is InChI=1S/C15H25N3O2S/c1-12(8-11-21-3)18(2)9-10-20-14-7-5-4-6-13(14)15(19)17-16/h4-7,12H,8-11,16H2,1-3H3,(H,17,19). The minimum atomic E-state index is -0.340. The number of hydrazine groups is 1. The predicted molar refractivity (Wildman–Crippen MR) is 88.7 cm³/mol. The van der Waals surface area contributed by atoms with Crippen molar-refractivity contribution < 1.29 is 9.53 Å². The molecular weight excluding hydrogens is 286 g/mol. The van der Waals surface area contributed by atoms with Crippen LogP contribution in [0.5, 0.6) is 5.75 Å². The summed E-state index contributed by atoms with van der Waals surface area (Å²) < 4.78 is 5.72. The molecule has 0 saturated heterocycles. The van der Waals surface area contributed by atoms with Crippen LogP contribution in [0.25, 0.3) is 0 Å². The number of rotatable bonds is 9. The van der Waals surface area contributed by atoms with E-state index in [9.17, 15) is 4.79 Å². The first-order chi connectivity index (χ1) is 10.1. The summed E-state index contributed by atoms with van der Waals surface area (Å²) >= 11 is 1.86. The van der Waals surface area contributed by atoms with Crippen molar-refractivity contribution in [2.24, 2.45) is 5.84 Å². The van der Waals surface area contributed by atoms with E-state index in [1.54, 1.807) is 18.2 Å². The normalized spacial score (nSPS) is 12.2. The number of benzene rings is 1. The first-order valence-electron chi connectivity index (χ1n) is 7.02. The number of carbonyl (C=O) groups excluding carboxylic acids is 1. The van der Waals surface area contributed by atoms with Crippen molar-refractivity contribution in [3.8, 4) is 5.75 Å². The van der Waals surface area contributed by atoms with Crippen LogP contribution in [-0.2, 0) is 0 Å². The van der Waals surface area contributed by atoms with Crippen LogP contribution in [0.1, 0.15) is 23.7 Å². The van der Waals surface area contributed by atoms with Crippen molar-refractivity contribution in [3.05, 3.63) is 29.8 Å². The van der Waals surface area contributed by atoms with Crippen LogP contribution in [0.4, 0.5) is 0 Å². The fourth-order valence-corrected chi connectivity index (χ4v) is 2.46. The van der Waals surface area contributed by atoms with Gasteiger partial charge in [0.1, 0.15) is 12.4 Å². The van der Waals surface area contributed by atoms with Crippen molar-refractivity contribution in [3.63, 3.8) is 0 Å². The number of hydrogen-bond acceptors (Lipinski definition) is 5. The van der Waals surface area contributed by atoms with Gasteiger partial charge in [0, 0.05) is 12.6 Å². The zero-order chi connectivity index (χ0) is 15.7. The maximum Gasteiger partial charge on any atom is 0.268 e. The van der Waals surface area contributed by atoms with Crippen molar-refractivity contribution >= 4 is 17.7 Å². The van der Waals surface area contributed by atoms with Crippen LogP contribution >= 0.6 is 11.8 Å². The largest absolute Gasteiger partial charge is 0.491 e. The number of nitrogens with one attached hydrogen (secondary N) is 1. The molecule has 1 amide bonds. The lowest BCUT2D eigenvalue weighted by Gasteiger charge is -2.24. The molecule has 0 bridgehead atoms. The molecule has 0 aromatic heterocycles. The van der Waals surface area contributed by atoms with Gasteiger partial charge in [-0.2, -0.15) is 11.8 Å². The highest BCUT2D eigenvalue weighted by atomic mass is 32.2. The van der Waals surface area contributed by atoms with Crippen molar-refractivity contribution in [1.29, 1.82) is 0 Å². The Balaban J connectivity index is 2.47. The van der Waals surface area contributed by atoms with Crippen LogP contribution in [0, 0.1) is 0 Å². The van der Waals surface area contributed by atoms with E-state index in [2.05, 4.69) is 30.6 Å². The lowest BCUT2D eigenvalue weighted by Crippen LogP contribution is -2.33. The van der Waals surface area contributed by atoms with E-state index in [4.69, 9.17) is 10.6 Å². The molecule has 0 saturated carbocycles. The minimum absolute atomic E-state index is 0.340. The summed E-state index contributed by atoms with van der Waals surface area (Å²) in [5.41, 5.74) is 2.59. The lowest BCUT2D eigenvalue weighted by atomic mass is 10.2. The fraction of sp³-hybridized carbons (Fsp3) is 0.533. The summed E-state index contributed by atoms with van der Waals surface area (Å²) in [6.07, 6.45) is 3.28. The van der Waals surface area contributed by atoms with Gasteiger partial charge < -0.3 is 9.64 Å². The Morgan fingerprint density at radius 3 is 2.86 bits per heavy atom. The fourth-order valence-electron chi connectivity index (χ4n) is 1.89. The number of thioether (sulfide) groups is 1. The Kier molecular flexibility index (Phi) is 8.19. The molecule has 0 aliphatic carbocycles. The Labute approximate surface area is 131 Å². The van der Waals surface area contributed by atoms with Gasteiger partial charge in [-0.1, -0.05) is 12.1 Å². The van der Waals surface area contributed by atoms with Crippen molar-refractivity contribution in [1.82, 2.24) is 10.3 Å². The number of hydrogen-bond donors (Lipinski definition) is 2. The van der Waals surface area contributed by atoms with E-state index in [0.29, 0.717) is 24.0 Å². The molecule has 5 nitrogen and oxygen atoms in total. The van der Waals surface area contributed by atoms with Gasteiger partial charge >= 0.3 is 0 Å². The second-order valence-corrected chi connectivity index (χ2v) is 5.91. The van der Waals surface area contributed by atoms with Gasteiger partial charge in [-0.15, -0.1) is 0 Å². The Morgan fingerprint density at radius 2 is 2.19 bits per heavy atom. The molecule has 0 fully saturated rings. The van der Waals surface area contributed by atoms with Crippen LogP contribution in [-0.4, -0.2) is 49.1 Å². The Bertz CT molecular complexity index is 443. The van der Waals surface area contributed by atoms with Gasteiger partial charge in [-0.05, 0) is 44.5 Å². The molecule has 1 unspecified atom stereocenters. The summed E-state index contributed by atoms with van der Waals surface area (Å²) in [7, 11) is 2.09. The number of carbonyl (C=O) groups is 1. The Hall–Kier alpha value is -1.24. The number of likely N-dealkylation sites (N-methyl/N-ethyl adjacent to an activating group) is 1. The third-order valence-corrected chi connectivity index (χ3v) is 4.10. The number of para-hydroxylation sites is 1. The molecule has 0 aliphatic heterocycles. The highest BCUT2D eigenvalue weighted by molar-refractivity contribution is 7.98. The number of amides is 1. The molecule has 21 heavy (non-hydrogen) atoms. The summed E-state index contributed by atoms with van der Waals surface area (Å²) in [5, 5.41) is 0. The molecule has 0 radical (unpaired) electrons. The van der Waals surface area contributed by atoms with Crippen molar-refractivity contribution in [2.75, 3.05) is 32.2 Å². The van der Waals surface area contributed by atoms with Gasteiger partial charge in [-0.3, -0.25) is 10.2 Å². The quantitative estimate of drug-likeness (QED) is 0.413. The van der Waals surface area contributed by atoms with Gasteiger partial charge in [0.2, 0.25) is 0 Å². The second kappa shape index (κ2) is 9.65. The molecule has 118 valence electrons. The number of nitrogens with two attached hydrogens (primary N) is 1. The molecule has 3 N–H and O–H groups in total. The van der Waals surface area contributed by atoms with Crippen molar-refractivity contribution in [2.45, 2.75) is 19.4 Å². The van der Waals surface area contributed by atoms with Gasteiger partial charge in [0.15, 0.2) is 0 Å². The summed E-state index contributed by atoms with van der Waals surface area (Å²) in [6, 6.07) is 7.62. The molecule has 1 aromatic carbocycles. The summed E-state index contributed by atoms with van der Waals surface area (Å²) in [6.45, 7) is 3.56. The van der Waals surface area contributed by atoms with Gasteiger partial charge in [0.05, 0.1) is 5.56 Å². The van der Waals surface area contributed by atoms with E-state index < -0.39 is 0 Å². The van der Waals surface area contributed by atoms with E-state index in [-0.39, 0.29) is 5.91 Å². The minimum Gasteiger partial charge on any atom is -0.491 e. The number of ether oxygens (including phenoxy) is 1. The molecule has 1 aromatic rings. The van der Waals surface area contributed by atoms with Gasteiger partial charge in [0.25, 0.3) is 5.91 Å². The smallest absolute Gasteiger partial charge is 0.268 e. The number of nitrogens with zero attached hydrogens (tertiary/aromatic N) is 1. The lowest BCUT2D eigenvalue weighted by molar-refractivity contribution is 0.0948. The monoisotopic (exact) mass is 311 g/mol.